The zero-order valence-electron chi connectivity index (χ0n) is 7.57. The molecule has 74 valence electrons. The van der Waals surface area contributed by atoms with Gasteiger partial charge in [-0.2, -0.15) is 5.10 Å². The molecule has 0 aliphatic rings. The Kier molecular flexibility index (Phi) is 1.97. The van der Waals surface area contributed by atoms with E-state index in [9.17, 15) is 0 Å². The number of benzene rings is 1. The predicted octanol–water partition coefficient (Wildman–Crippen LogP) is 3.34. The molecule has 1 aromatic carbocycles. The summed E-state index contributed by atoms with van der Waals surface area (Å²) in [5, 5.41) is 8.47. The standard InChI is InChI=1S/C10H6ClN3S/c11-6-1-2-7-9(5-6)15-10(13-7)8-3-4-12-14-8/h1-5H,(H,12,14). The number of rotatable bonds is 1. The molecule has 0 spiro atoms. The number of aromatic nitrogens is 3. The van der Waals surface area contributed by atoms with Gasteiger partial charge in [0.05, 0.1) is 15.9 Å². The summed E-state index contributed by atoms with van der Waals surface area (Å²) in [4.78, 5) is 4.48. The highest BCUT2D eigenvalue weighted by atomic mass is 35.5. The van der Waals surface area contributed by atoms with Crippen LogP contribution in [-0.4, -0.2) is 15.2 Å². The van der Waals surface area contributed by atoms with E-state index < -0.39 is 0 Å². The van der Waals surface area contributed by atoms with Gasteiger partial charge in [0, 0.05) is 11.2 Å². The van der Waals surface area contributed by atoms with E-state index in [1.165, 1.54) is 0 Å². The van der Waals surface area contributed by atoms with Crippen molar-refractivity contribution in [3.8, 4) is 10.7 Å². The third kappa shape index (κ3) is 1.52. The maximum absolute atomic E-state index is 5.91. The fraction of sp³-hybridized carbons (Fsp3) is 0. The second-order valence-corrected chi connectivity index (χ2v) is 4.57. The highest BCUT2D eigenvalue weighted by Gasteiger charge is 2.06. The highest BCUT2D eigenvalue weighted by Crippen LogP contribution is 2.30. The summed E-state index contributed by atoms with van der Waals surface area (Å²) in [6.07, 6.45) is 1.72. The quantitative estimate of drug-likeness (QED) is 0.703. The topological polar surface area (TPSA) is 41.6 Å². The normalized spacial score (nSPS) is 11.0. The number of nitrogens with zero attached hydrogens (tertiary/aromatic N) is 2. The third-order valence-electron chi connectivity index (χ3n) is 2.08. The molecule has 0 saturated carbocycles. The number of halogens is 1. The number of fused-ring (bicyclic) bond motifs is 1. The number of aromatic amines is 1. The summed E-state index contributed by atoms with van der Waals surface area (Å²) in [6, 6.07) is 7.60. The summed E-state index contributed by atoms with van der Waals surface area (Å²) >= 11 is 7.51. The van der Waals surface area contributed by atoms with Crippen LogP contribution in [0.25, 0.3) is 20.9 Å². The van der Waals surface area contributed by atoms with Crippen LogP contribution in [0, 0.1) is 0 Å². The zero-order chi connectivity index (χ0) is 10.3. The van der Waals surface area contributed by atoms with E-state index in [1.54, 1.807) is 17.5 Å². The maximum atomic E-state index is 5.91. The Morgan fingerprint density at radius 1 is 1.27 bits per heavy atom. The second kappa shape index (κ2) is 3.32. The molecule has 0 aliphatic carbocycles. The van der Waals surface area contributed by atoms with Gasteiger partial charge in [-0.05, 0) is 24.3 Å². The lowest BCUT2D eigenvalue weighted by molar-refractivity contribution is 1.09. The first kappa shape index (κ1) is 8.88. The van der Waals surface area contributed by atoms with E-state index >= 15 is 0 Å². The molecule has 0 saturated heterocycles. The molecule has 0 atom stereocenters. The van der Waals surface area contributed by atoms with Crippen LogP contribution < -0.4 is 0 Å². The molecule has 1 N–H and O–H groups in total. The Labute approximate surface area is 94.7 Å². The molecule has 15 heavy (non-hydrogen) atoms. The molecule has 0 radical (unpaired) electrons. The Hall–Kier alpha value is -1.39. The minimum absolute atomic E-state index is 0.738. The first-order valence-electron chi connectivity index (χ1n) is 4.39. The van der Waals surface area contributed by atoms with E-state index in [-0.39, 0.29) is 0 Å². The molecule has 5 heteroatoms. The minimum Gasteiger partial charge on any atom is -0.275 e. The van der Waals surface area contributed by atoms with Crippen LogP contribution in [0.3, 0.4) is 0 Å². The summed E-state index contributed by atoms with van der Waals surface area (Å²) < 4.78 is 1.09. The van der Waals surface area contributed by atoms with E-state index in [0.29, 0.717) is 0 Å². The van der Waals surface area contributed by atoms with Crippen LogP contribution in [0.5, 0.6) is 0 Å². The van der Waals surface area contributed by atoms with Gasteiger partial charge < -0.3 is 0 Å². The summed E-state index contributed by atoms with van der Waals surface area (Å²) in [6.45, 7) is 0. The number of hydrogen-bond acceptors (Lipinski definition) is 3. The lowest BCUT2D eigenvalue weighted by Crippen LogP contribution is -1.74. The molecule has 0 aliphatic heterocycles. The molecule has 2 heterocycles. The van der Waals surface area contributed by atoms with Crippen LogP contribution in [0.2, 0.25) is 5.02 Å². The van der Waals surface area contributed by atoms with E-state index in [4.69, 9.17) is 11.6 Å². The molecule has 3 rings (SSSR count). The smallest absolute Gasteiger partial charge is 0.142 e. The van der Waals surface area contributed by atoms with Gasteiger partial charge in [0.2, 0.25) is 0 Å². The number of nitrogens with one attached hydrogen (secondary N) is 1. The van der Waals surface area contributed by atoms with Crippen molar-refractivity contribution in [1.82, 2.24) is 15.2 Å². The van der Waals surface area contributed by atoms with Crippen molar-refractivity contribution in [2.24, 2.45) is 0 Å². The van der Waals surface area contributed by atoms with Gasteiger partial charge >= 0.3 is 0 Å². The lowest BCUT2D eigenvalue weighted by atomic mass is 10.3. The summed E-state index contributed by atoms with van der Waals surface area (Å²) in [5.41, 5.74) is 1.90. The van der Waals surface area contributed by atoms with Gasteiger partial charge in [-0.1, -0.05) is 11.6 Å². The van der Waals surface area contributed by atoms with Crippen molar-refractivity contribution in [3.05, 3.63) is 35.5 Å². The van der Waals surface area contributed by atoms with Crippen molar-refractivity contribution >= 4 is 33.2 Å². The summed E-state index contributed by atoms with van der Waals surface area (Å²) in [5.74, 6) is 0. The average Bonchev–Trinajstić information content (AvgIpc) is 2.84. The molecule has 0 amide bonds. The van der Waals surface area contributed by atoms with Gasteiger partial charge in [0.15, 0.2) is 0 Å². The Balaban J connectivity index is 2.22. The van der Waals surface area contributed by atoms with Crippen LogP contribution in [0.15, 0.2) is 30.5 Å². The zero-order valence-corrected chi connectivity index (χ0v) is 9.14. The van der Waals surface area contributed by atoms with E-state index in [2.05, 4.69) is 15.2 Å². The van der Waals surface area contributed by atoms with Crippen LogP contribution in [0.4, 0.5) is 0 Å². The molecule has 3 nitrogen and oxygen atoms in total. The van der Waals surface area contributed by atoms with Crippen LogP contribution >= 0.6 is 22.9 Å². The SMILES string of the molecule is Clc1ccc2nc(-c3ccn[nH]3)sc2c1. The molecular weight excluding hydrogens is 230 g/mol. The van der Waals surface area contributed by atoms with E-state index in [1.807, 2.05) is 24.3 Å². The van der Waals surface area contributed by atoms with Gasteiger partial charge in [0.1, 0.15) is 5.01 Å². The maximum Gasteiger partial charge on any atom is 0.142 e. The Bertz CT molecular complexity index is 600. The second-order valence-electron chi connectivity index (χ2n) is 3.10. The Morgan fingerprint density at radius 2 is 2.20 bits per heavy atom. The fourth-order valence-electron chi connectivity index (χ4n) is 1.39. The predicted molar refractivity (Wildman–Crippen MR) is 62.2 cm³/mol. The van der Waals surface area contributed by atoms with Crippen molar-refractivity contribution in [2.45, 2.75) is 0 Å². The van der Waals surface area contributed by atoms with Gasteiger partial charge in [0.25, 0.3) is 0 Å². The van der Waals surface area contributed by atoms with Gasteiger partial charge in [-0.15, -0.1) is 11.3 Å². The van der Waals surface area contributed by atoms with Crippen LogP contribution in [-0.2, 0) is 0 Å². The largest absolute Gasteiger partial charge is 0.275 e. The molecule has 0 unspecified atom stereocenters. The minimum atomic E-state index is 0.738. The van der Waals surface area contributed by atoms with Gasteiger partial charge in [-0.3, -0.25) is 5.10 Å². The van der Waals surface area contributed by atoms with E-state index in [0.717, 1.165) is 25.9 Å². The monoisotopic (exact) mass is 235 g/mol. The molecule has 3 aromatic rings. The molecule has 0 fully saturated rings. The fourth-order valence-corrected chi connectivity index (χ4v) is 2.61. The van der Waals surface area contributed by atoms with Crippen LogP contribution in [0.1, 0.15) is 0 Å². The van der Waals surface area contributed by atoms with Gasteiger partial charge in [-0.25, -0.2) is 4.98 Å². The van der Waals surface area contributed by atoms with Crippen molar-refractivity contribution in [2.75, 3.05) is 0 Å². The average molecular weight is 236 g/mol. The molecule has 0 bridgehead atoms. The highest BCUT2D eigenvalue weighted by molar-refractivity contribution is 7.21. The lowest BCUT2D eigenvalue weighted by Gasteiger charge is -1.86. The number of H-pyrrole nitrogens is 1. The summed E-state index contributed by atoms with van der Waals surface area (Å²) in [7, 11) is 0. The molecule has 2 aromatic heterocycles. The first-order chi connectivity index (χ1) is 7.33. The molecular formula is C10H6ClN3S. The third-order valence-corrected chi connectivity index (χ3v) is 3.37. The van der Waals surface area contributed by atoms with Crippen molar-refractivity contribution in [1.29, 1.82) is 0 Å². The first-order valence-corrected chi connectivity index (χ1v) is 5.58. The number of hydrogen-bond donors (Lipinski definition) is 1. The Morgan fingerprint density at radius 3 is 3.00 bits per heavy atom. The van der Waals surface area contributed by atoms with Crippen molar-refractivity contribution < 1.29 is 0 Å². The van der Waals surface area contributed by atoms with Crippen molar-refractivity contribution in [3.63, 3.8) is 0 Å². The number of thiazole rings is 1.